The van der Waals surface area contributed by atoms with Crippen molar-refractivity contribution in [2.45, 2.75) is 6.92 Å². The average molecular weight is 378 g/mol. The lowest BCUT2D eigenvalue weighted by molar-refractivity contribution is -0.118. The maximum atomic E-state index is 12.0. The molecule has 1 aromatic heterocycles. The third kappa shape index (κ3) is 4.32. The van der Waals surface area contributed by atoms with E-state index < -0.39 is 5.63 Å². The fourth-order valence-corrected chi connectivity index (χ4v) is 2.89. The van der Waals surface area contributed by atoms with Crippen LogP contribution >= 0.6 is 23.2 Å². The van der Waals surface area contributed by atoms with Gasteiger partial charge in [-0.1, -0.05) is 23.2 Å². The van der Waals surface area contributed by atoms with Gasteiger partial charge in [0.25, 0.3) is 5.91 Å². The quantitative estimate of drug-likeness (QED) is 0.683. The van der Waals surface area contributed by atoms with Gasteiger partial charge in [0.15, 0.2) is 6.61 Å². The highest BCUT2D eigenvalue weighted by molar-refractivity contribution is 6.35. The van der Waals surface area contributed by atoms with E-state index in [4.69, 9.17) is 32.4 Å². The maximum absolute atomic E-state index is 12.0. The topological polar surface area (TPSA) is 68.5 Å². The van der Waals surface area contributed by atoms with Gasteiger partial charge in [-0.3, -0.25) is 4.79 Å². The molecule has 0 radical (unpaired) electrons. The summed E-state index contributed by atoms with van der Waals surface area (Å²) in [5.74, 6) is 0.0460. The molecular weight excluding hydrogens is 365 g/mol. The van der Waals surface area contributed by atoms with Crippen LogP contribution in [-0.4, -0.2) is 12.5 Å². The molecule has 3 aromatic rings. The molecule has 0 aliphatic rings. The normalized spacial score (nSPS) is 10.7. The third-order valence-electron chi connectivity index (χ3n) is 3.44. The summed E-state index contributed by atoms with van der Waals surface area (Å²) in [7, 11) is 0. The molecule has 0 atom stereocenters. The number of anilines is 1. The molecule has 1 amide bonds. The summed E-state index contributed by atoms with van der Waals surface area (Å²) >= 11 is 11.8. The minimum absolute atomic E-state index is 0.217. The Morgan fingerprint density at radius 3 is 2.56 bits per heavy atom. The molecule has 7 heteroatoms. The summed E-state index contributed by atoms with van der Waals surface area (Å²) < 4.78 is 10.6. The number of nitrogens with one attached hydrogen (secondary N) is 1. The molecule has 0 saturated heterocycles. The molecule has 0 spiro atoms. The molecule has 25 heavy (non-hydrogen) atoms. The minimum Gasteiger partial charge on any atom is -0.484 e. The standard InChI is InChI=1S/C18H13Cl2NO4/c1-10-4-18(23)25-16-8-14(2-3-15(10)16)24-9-17(22)21-13-6-11(19)5-12(20)7-13/h2-8H,9H2,1H3,(H,21,22). The van der Waals surface area contributed by atoms with Crippen molar-refractivity contribution in [2.75, 3.05) is 11.9 Å². The minimum atomic E-state index is -0.433. The van der Waals surface area contributed by atoms with Gasteiger partial charge >= 0.3 is 5.63 Å². The van der Waals surface area contributed by atoms with Gasteiger partial charge in [0.05, 0.1) is 0 Å². The van der Waals surface area contributed by atoms with Crippen LogP contribution in [0.2, 0.25) is 10.0 Å². The Morgan fingerprint density at radius 1 is 1.12 bits per heavy atom. The molecule has 5 nitrogen and oxygen atoms in total. The lowest BCUT2D eigenvalue weighted by atomic mass is 10.1. The SMILES string of the molecule is Cc1cc(=O)oc2cc(OCC(=O)Nc3cc(Cl)cc(Cl)c3)ccc12. The zero-order valence-corrected chi connectivity index (χ0v) is 14.6. The number of fused-ring (bicyclic) bond motifs is 1. The number of amides is 1. The van der Waals surface area contributed by atoms with Crippen LogP contribution in [0, 0.1) is 6.92 Å². The van der Waals surface area contributed by atoms with E-state index >= 15 is 0 Å². The molecule has 1 N–H and O–H groups in total. The van der Waals surface area contributed by atoms with Gasteiger partial charge in [-0.25, -0.2) is 4.79 Å². The summed E-state index contributed by atoms with van der Waals surface area (Å²) in [6.07, 6.45) is 0. The molecule has 0 aliphatic heterocycles. The van der Waals surface area contributed by atoms with Crippen LogP contribution in [0.25, 0.3) is 11.0 Å². The second kappa shape index (κ2) is 7.17. The lowest BCUT2D eigenvalue weighted by Gasteiger charge is -2.09. The van der Waals surface area contributed by atoms with E-state index in [1.165, 1.54) is 6.07 Å². The average Bonchev–Trinajstić information content (AvgIpc) is 2.51. The number of benzene rings is 2. The first-order valence-electron chi connectivity index (χ1n) is 7.34. The predicted molar refractivity (Wildman–Crippen MR) is 97.8 cm³/mol. The van der Waals surface area contributed by atoms with Crippen molar-refractivity contribution in [1.29, 1.82) is 0 Å². The number of carbonyl (C=O) groups excluding carboxylic acids is 1. The van der Waals surface area contributed by atoms with E-state index in [-0.39, 0.29) is 12.5 Å². The molecular formula is C18H13Cl2NO4. The first-order valence-corrected chi connectivity index (χ1v) is 8.09. The highest BCUT2D eigenvalue weighted by atomic mass is 35.5. The largest absolute Gasteiger partial charge is 0.484 e. The summed E-state index contributed by atoms with van der Waals surface area (Å²) in [5.41, 5.74) is 1.27. The van der Waals surface area contributed by atoms with Crippen molar-refractivity contribution in [3.63, 3.8) is 0 Å². The molecule has 0 aliphatic carbocycles. The fraction of sp³-hybridized carbons (Fsp3) is 0.111. The Bertz CT molecular complexity index is 993. The fourth-order valence-electron chi connectivity index (χ4n) is 2.37. The number of hydrogen-bond acceptors (Lipinski definition) is 4. The Morgan fingerprint density at radius 2 is 1.84 bits per heavy atom. The molecule has 2 aromatic carbocycles. The van der Waals surface area contributed by atoms with Gasteiger partial charge in [-0.2, -0.15) is 0 Å². The van der Waals surface area contributed by atoms with Crippen LogP contribution < -0.4 is 15.7 Å². The summed E-state index contributed by atoms with van der Waals surface area (Å²) in [6, 6.07) is 11.2. The molecule has 128 valence electrons. The highest BCUT2D eigenvalue weighted by Gasteiger charge is 2.08. The molecule has 0 fully saturated rings. The van der Waals surface area contributed by atoms with Crippen molar-refractivity contribution in [3.8, 4) is 5.75 Å². The van der Waals surface area contributed by atoms with Gasteiger partial charge in [0.1, 0.15) is 11.3 Å². The zero-order chi connectivity index (χ0) is 18.0. The number of rotatable bonds is 4. The Labute approximate surface area is 153 Å². The first kappa shape index (κ1) is 17.3. The third-order valence-corrected chi connectivity index (χ3v) is 3.88. The van der Waals surface area contributed by atoms with Crippen molar-refractivity contribution in [2.24, 2.45) is 0 Å². The van der Waals surface area contributed by atoms with Gasteiger partial charge in [-0.15, -0.1) is 0 Å². The van der Waals surface area contributed by atoms with E-state index in [2.05, 4.69) is 5.32 Å². The van der Waals surface area contributed by atoms with Gasteiger partial charge < -0.3 is 14.5 Å². The van der Waals surface area contributed by atoms with Crippen LogP contribution in [-0.2, 0) is 4.79 Å². The second-order valence-corrected chi connectivity index (χ2v) is 6.27. The molecule has 0 unspecified atom stereocenters. The Hall–Kier alpha value is -2.50. The number of ether oxygens (including phenoxy) is 1. The van der Waals surface area contributed by atoms with Crippen LogP contribution in [0.15, 0.2) is 51.7 Å². The number of hydrogen-bond donors (Lipinski definition) is 1. The van der Waals surface area contributed by atoms with Gasteiger partial charge in [-0.05, 0) is 42.8 Å². The summed E-state index contributed by atoms with van der Waals surface area (Å²) in [4.78, 5) is 23.4. The van der Waals surface area contributed by atoms with Crippen molar-refractivity contribution in [3.05, 3.63) is 68.5 Å². The smallest absolute Gasteiger partial charge is 0.336 e. The molecule has 3 rings (SSSR count). The van der Waals surface area contributed by atoms with E-state index in [0.717, 1.165) is 10.9 Å². The van der Waals surface area contributed by atoms with Crippen LogP contribution in [0.3, 0.4) is 0 Å². The summed E-state index contributed by atoms with van der Waals surface area (Å²) in [5, 5.41) is 4.29. The van der Waals surface area contributed by atoms with E-state index in [1.54, 1.807) is 36.4 Å². The predicted octanol–water partition coefficient (Wildman–Crippen LogP) is 4.43. The number of carbonyl (C=O) groups is 1. The number of aryl methyl sites for hydroxylation is 1. The molecule has 0 bridgehead atoms. The van der Waals surface area contributed by atoms with E-state index in [1.807, 2.05) is 6.92 Å². The number of halogens is 2. The monoisotopic (exact) mass is 377 g/mol. The Balaban J connectivity index is 1.69. The lowest BCUT2D eigenvalue weighted by Crippen LogP contribution is -2.20. The van der Waals surface area contributed by atoms with Crippen LogP contribution in [0.4, 0.5) is 5.69 Å². The first-order chi connectivity index (χ1) is 11.9. The van der Waals surface area contributed by atoms with Crippen LogP contribution in [0.1, 0.15) is 5.56 Å². The van der Waals surface area contributed by atoms with E-state index in [9.17, 15) is 9.59 Å². The zero-order valence-electron chi connectivity index (χ0n) is 13.1. The van der Waals surface area contributed by atoms with Crippen molar-refractivity contribution < 1.29 is 13.9 Å². The van der Waals surface area contributed by atoms with E-state index in [0.29, 0.717) is 27.1 Å². The van der Waals surface area contributed by atoms with Crippen LogP contribution in [0.5, 0.6) is 5.75 Å². The maximum Gasteiger partial charge on any atom is 0.336 e. The van der Waals surface area contributed by atoms with Gasteiger partial charge in [0.2, 0.25) is 0 Å². The van der Waals surface area contributed by atoms with Crippen molar-refractivity contribution >= 4 is 45.8 Å². The van der Waals surface area contributed by atoms with Crippen molar-refractivity contribution in [1.82, 2.24) is 0 Å². The highest BCUT2D eigenvalue weighted by Crippen LogP contribution is 2.23. The second-order valence-electron chi connectivity index (χ2n) is 5.40. The molecule has 0 saturated carbocycles. The van der Waals surface area contributed by atoms with Gasteiger partial charge in [0, 0.05) is 33.3 Å². The Kier molecular flexibility index (Phi) is 4.97. The summed E-state index contributed by atoms with van der Waals surface area (Å²) in [6.45, 7) is 1.61. The molecule has 1 heterocycles.